The highest BCUT2D eigenvalue weighted by molar-refractivity contribution is 6.64. The van der Waals surface area contributed by atoms with Gasteiger partial charge in [0.15, 0.2) is 0 Å². The van der Waals surface area contributed by atoms with Gasteiger partial charge in [-0.05, 0) is 25.7 Å². The summed E-state index contributed by atoms with van der Waals surface area (Å²) in [5.41, 5.74) is 0. The minimum absolute atomic E-state index is 1.09. The molecule has 0 spiro atoms. The average Bonchev–Trinajstić information content (AvgIpc) is 2.28. The highest BCUT2D eigenvalue weighted by Gasteiger charge is 2.25. The van der Waals surface area contributed by atoms with E-state index in [9.17, 15) is 0 Å². The molecule has 0 aliphatic carbocycles. The molecular formula is C14H28O2Si. The molecular weight excluding hydrogens is 228 g/mol. The molecule has 0 N–H and O–H groups in total. The summed E-state index contributed by atoms with van der Waals surface area (Å²) in [5.74, 6) is 0. The third-order valence-corrected chi connectivity index (χ3v) is 3.75. The largest absolute Gasteiger partial charge is 0.519 e. The Morgan fingerprint density at radius 1 is 0.824 bits per heavy atom. The molecule has 100 valence electrons. The van der Waals surface area contributed by atoms with Gasteiger partial charge in [-0.25, -0.2) is 0 Å². The minimum Gasteiger partial charge on any atom is -0.519 e. The van der Waals surface area contributed by atoms with Crippen molar-refractivity contribution in [2.75, 3.05) is 0 Å². The highest BCUT2D eigenvalue weighted by atomic mass is 28.4. The maximum absolute atomic E-state index is 5.67. The molecule has 0 saturated heterocycles. The van der Waals surface area contributed by atoms with Crippen LogP contribution in [0.1, 0.15) is 52.4 Å². The Kier molecular flexibility index (Phi) is 10.0. The third kappa shape index (κ3) is 11.6. The van der Waals surface area contributed by atoms with E-state index in [1.165, 1.54) is 25.7 Å². The average molecular weight is 256 g/mol. The fourth-order valence-corrected chi connectivity index (χ4v) is 2.14. The van der Waals surface area contributed by atoms with E-state index in [0.717, 1.165) is 12.8 Å². The summed E-state index contributed by atoms with van der Waals surface area (Å²) in [6.07, 6.45) is 14.9. The SMILES string of the molecule is CCCC/C=C/O[Si](C)(C)O/C=C/CCCC. The van der Waals surface area contributed by atoms with E-state index in [1.54, 1.807) is 0 Å². The Morgan fingerprint density at radius 3 is 1.59 bits per heavy atom. The van der Waals surface area contributed by atoms with Gasteiger partial charge in [-0.1, -0.05) is 38.8 Å². The molecule has 0 saturated carbocycles. The smallest absolute Gasteiger partial charge is 0.453 e. The van der Waals surface area contributed by atoms with Gasteiger partial charge < -0.3 is 8.85 Å². The lowest BCUT2D eigenvalue weighted by Crippen LogP contribution is -2.30. The van der Waals surface area contributed by atoms with Crippen molar-refractivity contribution in [2.45, 2.75) is 65.5 Å². The van der Waals surface area contributed by atoms with Gasteiger partial charge in [0.05, 0.1) is 12.5 Å². The van der Waals surface area contributed by atoms with E-state index in [1.807, 2.05) is 12.5 Å². The van der Waals surface area contributed by atoms with Crippen LogP contribution in [0.2, 0.25) is 13.1 Å². The molecule has 0 bridgehead atoms. The molecule has 2 nitrogen and oxygen atoms in total. The second-order valence-electron chi connectivity index (χ2n) is 4.66. The Bertz CT molecular complexity index is 200. The first-order valence-electron chi connectivity index (χ1n) is 6.78. The second-order valence-corrected chi connectivity index (χ2v) is 7.93. The van der Waals surface area contributed by atoms with Gasteiger partial charge in [-0.3, -0.25) is 0 Å². The number of allylic oxidation sites excluding steroid dienone is 2. The number of rotatable bonds is 10. The Morgan fingerprint density at radius 2 is 1.24 bits per heavy atom. The van der Waals surface area contributed by atoms with Crippen LogP contribution in [0.3, 0.4) is 0 Å². The third-order valence-electron chi connectivity index (χ3n) is 2.34. The van der Waals surface area contributed by atoms with Crippen molar-refractivity contribution in [1.29, 1.82) is 0 Å². The molecule has 17 heavy (non-hydrogen) atoms. The van der Waals surface area contributed by atoms with E-state index in [2.05, 4.69) is 39.1 Å². The normalized spacial score (nSPS) is 12.5. The number of hydrogen-bond acceptors (Lipinski definition) is 2. The van der Waals surface area contributed by atoms with Crippen LogP contribution in [0.5, 0.6) is 0 Å². The lowest BCUT2D eigenvalue weighted by molar-refractivity contribution is 0.318. The molecule has 0 atom stereocenters. The molecule has 0 aromatic rings. The van der Waals surface area contributed by atoms with Crippen molar-refractivity contribution in [3.8, 4) is 0 Å². The topological polar surface area (TPSA) is 18.5 Å². The van der Waals surface area contributed by atoms with E-state index < -0.39 is 8.56 Å². The summed E-state index contributed by atoms with van der Waals surface area (Å²) < 4.78 is 11.3. The zero-order valence-corrected chi connectivity index (χ0v) is 12.9. The molecule has 0 heterocycles. The van der Waals surface area contributed by atoms with Crippen molar-refractivity contribution in [2.24, 2.45) is 0 Å². The van der Waals surface area contributed by atoms with Gasteiger partial charge >= 0.3 is 8.56 Å². The van der Waals surface area contributed by atoms with Crippen molar-refractivity contribution in [1.82, 2.24) is 0 Å². The predicted molar refractivity (Wildman–Crippen MR) is 77.0 cm³/mol. The molecule has 0 rings (SSSR count). The molecule has 0 aromatic carbocycles. The van der Waals surface area contributed by atoms with Crippen LogP contribution in [0.25, 0.3) is 0 Å². The Hall–Kier alpha value is -0.703. The zero-order chi connectivity index (χ0) is 13.0. The van der Waals surface area contributed by atoms with Gasteiger partial charge in [0.2, 0.25) is 0 Å². The summed E-state index contributed by atoms with van der Waals surface area (Å²) in [4.78, 5) is 0. The zero-order valence-electron chi connectivity index (χ0n) is 11.9. The molecule has 0 aliphatic rings. The van der Waals surface area contributed by atoms with E-state index in [4.69, 9.17) is 8.85 Å². The first kappa shape index (κ1) is 16.3. The maximum Gasteiger partial charge on any atom is 0.453 e. The van der Waals surface area contributed by atoms with Crippen molar-refractivity contribution >= 4 is 8.56 Å². The van der Waals surface area contributed by atoms with Crippen molar-refractivity contribution in [3.05, 3.63) is 24.7 Å². The summed E-state index contributed by atoms with van der Waals surface area (Å²) in [6, 6.07) is 0. The first-order valence-corrected chi connectivity index (χ1v) is 9.59. The van der Waals surface area contributed by atoms with Gasteiger partial charge in [0.1, 0.15) is 0 Å². The van der Waals surface area contributed by atoms with E-state index in [-0.39, 0.29) is 0 Å². The molecule has 0 amide bonds. The van der Waals surface area contributed by atoms with Crippen molar-refractivity contribution in [3.63, 3.8) is 0 Å². The molecule has 0 aromatic heterocycles. The van der Waals surface area contributed by atoms with Gasteiger partial charge in [0.25, 0.3) is 0 Å². The molecule has 0 aliphatic heterocycles. The minimum atomic E-state index is -2.00. The summed E-state index contributed by atoms with van der Waals surface area (Å²) in [5, 5.41) is 0. The van der Waals surface area contributed by atoms with E-state index >= 15 is 0 Å². The molecule has 0 unspecified atom stereocenters. The van der Waals surface area contributed by atoms with Crippen LogP contribution >= 0.6 is 0 Å². The standard InChI is InChI=1S/C14H28O2Si/c1-5-7-9-11-13-15-17(3,4)16-14-12-10-8-6-2/h11-14H,5-10H2,1-4H3/b13-11+,14-12+. The summed E-state index contributed by atoms with van der Waals surface area (Å²) >= 11 is 0. The fraction of sp³-hybridized carbons (Fsp3) is 0.714. The lowest BCUT2D eigenvalue weighted by Gasteiger charge is -2.19. The fourth-order valence-electron chi connectivity index (χ4n) is 1.23. The van der Waals surface area contributed by atoms with Crippen LogP contribution in [0.15, 0.2) is 24.7 Å². The Balaban J connectivity index is 3.71. The van der Waals surface area contributed by atoms with Crippen LogP contribution in [-0.4, -0.2) is 8.56 Å². The highest BCUT2D eigenvalue weighted by Crippen LogP contribution is 2.09. The van der Waals surface area contributed by atoms with Crippen molar-refractivity contribution < 1.29 is 8.85 Å². The van der Waals surface area contributed by atoms with Crippen LogP contribution in [0, 0.1) is 0 Å². The number of hydrogen-bond donors (Lipinski definition) is 0. The van der Waals surface area contributed by atoms with Crippen LogP contribution < -0.4 is 0 Å². The van der Waals surface area contributed by atoms with Gasteiger partial charge in [0, 0.05) is 13.1 Å². The predicted octanol–water partition coefficient (Wildman–Crippen LogP) is 5.13. The lowest BCUT2D eigenvalue weighted by atomic mass is 10.2. The molecule has 0 fully saturated rings. The summed E-state index contributed by atoms with van der Waals surface area (Å²) in [7, 11) is -2.00. The summed E-state index contributed by atoms with van der Waals surface area (Å²) in [6.45, 7) is 8.50. The van der Waals surface area contributed by atoms with Gasteiger partial charge in [-0.15, -0.1) is 0 Å². The first-order chi connectivity index (χ1) is 8.12. The van der Waals surface area contributed by atoms with Gasteiger partial charge in [-0.2, -0.15) is 0 Å². The Labute approximate surface area is 108 Å². The second kappa shape index (κ2) is 10.5. The quantitative estimate of drug-likeness (QED) is 0.306. The van der Waals surface area contributed by atoms with E-state index in [0.29, 0.717) is 0 Å². The van der Waals surface area contributed by atoms with Crippen LogP contribution in [0.4, 0.5) is 0 Å². The molecule has 3 heteroatoms. The maximum atomic E-state index is 5.67. The molecule has 0 radical (unpaired) electrons. The monoisotopic (exact) mass is 256 g/mol. The van der Waals surface area contributed by atoms with Crippen LogP contribution in [-0.2, 0) is 8.85 Å². The number of unbranched alkanes of at least 4 members (excludes halogenated alkanes) is 4.